The molecule has 2 aliphatic rings. The number of hydrogen-bond acceptors (Lipinski definition) is 2. The second-order valence-corrected chi connectivity index (χ2v) is 8.21. The van der Waals surface area contributed by atoms with Gasteiger partial charge in [-0.15, -0.1) is 0 Å². The van der Waals surface area contributed by atoms with Gasteiger partial charge in [0.1, 0.15) is 0 Å². The highest BCUT2D eigenvalue weighted by Crippen LogP contribution is 2.31. The van der Waals surface area contributed by atoms with Gasteiger partial charge in [0.2, 0.25) is 11.8 Å². The van der Waals surface area contributed by atoms with Crippen LogP contribution in [0.1, 0.15) is 37.2 Å². The lowest BCUT2D eigenvalue weighted by Crippen LogP contribution is -2.39. The molecule has 0 saturated carbocycles. The van der Waals surface area contributed by atoms with Gasteiger partial charge in [-0.05, 0) is 42.7 Å². The number of para-hydroxylation sites is 1. The third-order valence-electron chi connectivity index (χ3n) is 5.87. The maximum Gasteiger partial charge on any atom is 0.228 e. The van der Waals surface area contributed by atoms with Crippen LogP contribution in [0.15, 0.2) is 54.6 Å². The van der Waals surface area contributed by atoms with Crippen LogP contribution in [0.4, 0.5) is 5.69 Å². The zero-order valence-corrected chi connectivity index (χ0v) is 16.6. The molecule has 0 radical (unpaired) electrons. The second-order valence-electron chi connectivity index (χ2n) is 7.77. The summed E-state index contributed by atoms with van der Waals surface area (Å²) in [4.78, 5) is 29.5. The zero-order chi connectivity index (χ0) is 19.5. The minimum atomic E-state index is -0.253. The molecule has 0 aromatic heterocycles. The molecule has 5 heteroatoms. The Kier molecular flexibility index (Phi) is 5.67. The third kappa shape index (κ3) is 4.07. The number of benzene rings is 2. The van der Waals surface area contributed by atoms with Crippen LogP contribution in [0.5, 0.6) is 0 Å². The summed E-state index contributed by atoms with van der Waals surface area (Å²) in [6, 6.07) is 17.6. The summed E-state index contributed by atoms with van der Waals surface area (Å²) >= 11 is 6.02. The predicted octanol–water partition coefficient (Wildman–Crippen LogP) is 4.49. The molecule has 4 rings (SSSR count). The van der Waals surface area contributed by atoms with E-state index in [1.54, 1.807) is 4.90 Å². The van der Waals surface area contributed by atoms with Crippen molar-refractivity contribution in [3.05, 3.63) is 65.2 Å². The molecule has 0 spiro atoms. The number of anilines is 1. The highest BCUT2D eigenvalue weighted by molar-refractivity contribution is 6.30. The molecule has 2 unspecified atom stereocenters. The van der Waals surface area contributed by atoms with Crippen LogP contribution < -0.4 is 4.90 Å². The Bertz CT molecular complexity index is 837. The molecule has 0 N–H and O–H groups in total. The fourth-order valence-corrected chi connectivity index (χ4v) is 4.46. The van der Waals surface area contributed by atoms with E-state index in [9.17, 15) is 9.59 Å². The zero-order valence-electron chi connectivity index (χ0n) is 15.9. The van der Waals surface area contributed by atoms with Gasteiger partial charge in [-0.3, -0.25) is 9.59 Å². The lowest BCUT2D eigenvalue weighted by Gasteiger charge is -2.27. The normalized spacial score (nSPS) is 23.0. The van der Waals surface area contributed by atoms with Gasteiger partial charge in [-0.1, -0.05) is 48.4 Å². The molecule has 2 amide bonds. The Balaban J connectivity index is 1.46. The van der Waals surface area contributed by atoms with Gasteiger partial charge in [0, 0.05) is 42.7 Å². The van der Waals surface area contributed by atoms with Crippen molar-refractivity contribution in [1.29, 1.82) is 0 Å². The van der Waals surface area contributed by atoms with E-state index in [1.165, 1.54) is 5.56 Å². The predicted molar refractivity (Wildman–Crippen MR) is 112 cm³/mol. The molecule has 4 nitrogen and oxygen atoms in total. The SMILES string of the molecule is O=C(C1CC(=O)N(c2ccccc2)C1)N1CCCCC(c2ccc(Cl)cc2)C1. The number of carbonyl (C=O) groups is 2. The Morgan fingerprint density at radius 2 is 1.71 bits per heavy atom. The lowest BCUT2D eigenvalue weighted by molar-refractivity contribution is -0.135. The van der Waals surface area contributed by atoms with Crippen molar-refractivity contribution in [3.63, 3.8) is 0 Å². The minimum absolute atomic E-state index is 0.0358. The van der Waals surface area contributed by atoms with Crippen LogP contribution in [-0.4, -0.2) is 36.3 Å². The molecule has 2 aromatic carbocycles. The van der Waals surface area contributed by atoms with Crippen molar-refractivity contribution in [2.75, 3.05) is 24.5 Å². The molecule has 2 atom stereocenters. The van der Waals surface area contributed by atoms with Crippen molar-refractivity contribution in [2.45, 2.75) is 31.6 Å². The molecule has 28 heavy (non-hydrogen) atoms. The first-order valence-electron chi connectivity index (χ1n) is 10.0. The van der Waals surface area contributed by atoms with E-state index in [1.807, 2.05) is 47.4 Å². The number of amides is 2. The van der Waals surface area contributed by atoms with Gasteiger partial charge in [-0.2, -0.15) is 0 Å². The molecular weight excluding hydrogens is 372 g/mol. The molecule has 0 bridgehead atoms. The van der Waals surface area contributed by atoms with E-state index < -0.39 is 0 Å². The summed E-state index contributed by atoms with van der Waals surface area (Å²) in [6.45, 7) is 1.97. The Morgan fingerprint density at radius 3 is 2.46 bits per heavy atom. The maximum atomic E-state index is 13.2. The third-order valence-corrected chi connectivity index (χ3v) is 6.12. The van der Waals surface area contributed by atoms with Gasteiger partial charge in [0.15, 0.2) is 0 Å². The van der Waals surface area contributed by atoms with Crippen molar-refractivity contribution in [3.8, 4) is 0 Å². The largest absolute Gasteiger partial charge is 0.342 e. The number of hydrogen-bond donors (Lipinski definition) is 0. The number of nitrogens with zero attached hydrogens (tertiary/aromatic N) is 2. The van der Waals surface area contributed by atoms with Gasteiger partial charge < -0.3 is 9.80 Å². The van der Waals surface area contributed by atoms with E-state index in [-0.39, 0.29) is 17.7 Å². The molecule has 2 aromatic rings. The van der Waals surface area contributed by atoms with E-state index >= 15 is 0 Å². The first-order valence-corrected chi connectivity index (χ1v) is 10.4. The average molecular weight is 397 g/mol. The van der Waals surface area contributed by atoms with Crippen LogP contribution in [0, 0.1) is 5.92 Å². The minimum Gasteiger partial charge on any atom is -0.342 e. The number of carbonyl (C=O) groups excluding carboxylic acids is 2. The maximum absolute atomic E-state index is 13.2. The van der Waals surface area contributed by atoms with Crippen molar-refractivity contribution in [2.24, 2.45) is 5.92 Å². The lowest BCUT2D eigenvalue weighted by atomic mass is 9.94. The van der Waals surface area contributed by atoms with Crippen LogP contribution in [-0.2, 0) is 9.59 Å². The summed E-state index contributed by atoms with van der Waals surface area (Å²) in [5, 5.41) is 0.732. The number of likely N-dealkylation sites (tertiary alicyclic amines) is 1. The number of halogens is 1. The fraction of sp³-hybridized carbons (Fsp3) is 0.391. The Labute approximate surface area is 171 Å². The molecule has 2 fully saturated rings. The van der Waals surface area contributed by atoms with Gasteiger partial charge >= 0.3 is 0 Å². The smallest absolute Gasteiger partial charge is 0.228 e. The van der Waals surface area contributed by atoms with E-state index in [0.717, 1.165) is 43.1 Å². The molecule has 2 saturated heterocycles. The van der Waals surface area contributed by atoms with Crippen LogP contribution in [0.2, 0.25) is 5.02 Å². The van der Waals surface area contributed by atoms with Gasteiger partial charge in [-0.25, -0.2) is 0 Å². The van der Waals surface area contributed by atoms with Crippen LogP contribution >= 0.6 is 11.6 Å². The van der Waals surface area contributed by atoms with Crippen molar-refractivity contribution in [1.82, 2.24) is 4.90 Å². The number of rotatable bonds is 3. The molecule has 2 heterocycles. The second kappa shape index (κ2) is 8.36. The summed E-state index contributed by atoms with van der Waals surface area (Å²) in [7, 11) is 0. The van der Waals surface area contributed by atoms with Crippen LogP contribution in [0.3, 0.4) is 0 Å². The quantitative estimate of drug-likeness (QED) is 0.766. The first kappa shape index (κ1) is 19.0. The summed E-state index contributed by atoms with van der Waals surface area (Å²) in [5.74, 6) is 0.226. The van der Waals surface area contributed by atoms with Crippen molar-refractivity contribution < 1.29 is 9.59 Å². The van der Waals surface area contributed by atoms with E-state index in [2.05, 4.69) is 12.1 Å². The standard InChI is InChI=1S/C23H25ClN2O2/c24-20-11-9-17(10-12-20)18-6-4-5-13-25(15-18)23(28)19-14-22(27)26(16-19)21-7-2-1-3-8-21/h1-3,7-12,18-19H,4-6,13-16H2. The topological polar surface area (TPSA) is 40.6 Å². The molecule has 146 valence electrons. The van der Waals surface area contributed by atoms with E-state index in [4.69, 9.17) is 11.6 Å². The monoisotopic (exact) mass is 396 g/mol. The van der Waals surface area contributed by atoms with Crippen molar-refractivity contribution >= 4 is 29.1 Å². The van der Waals surface area contributed by atoms with Gasteiger partial charge in [0.05, 0.1) is 5.92 Å². The first-order chi connectivity index (χ1) is 13.6. The summed E-state index contributed by atoms with van der Waals surface area (Å²) in [6.07, 6.45) is 3.50. The summed E-state index contributed by atoms with van der Waals surface area (Å²) < 4.78 is 0. The summed E-state index contributed by atoms with van der Waals surface area (Å²) in [5.41, 5.74) is 2.11. The molecule has 0 aliphatic carbocycles. The Hall–Kier alpha value is -2.33. The Morgan fingerprint density at radius 1 is 0.964 bits per heavy atom. The fourth-order valence-electron chi connectivity index (χ4n) is 4.34. The van der Waals surface area contributed by atoms with E-state index in [0.29, 0.717) is 18.9 Å². The van der Waals surface area contributed by atoms with Gasteiger partial charge in [0.25, 0.3) is 0 Å². The average Bonchev–Trinajstić information content (AvgIpc) is 2.95. The highest BCUT2D eigenvalue weighted by Gasteiger charge is 2.38. The molecule has 2 aliphatic heterocycles. The van der Waals surface area contributed by atoms with Crippen LogP contribution in [0.25, 0.3) is 0 Å². The molecular formula is C23H25ClN2O2. The highest BCUT2D eigenvalue weighted by atomic mass is 35.5.